The van der Waals surface area contributed by atoms with Gasteiger partial charge in [-0.05, 0) is 24.3 Å². The lowest BCUT2D eigenvalue weighted by Crippen LogP contribution is -2.42. The number of alkyl halides is 4. The molecule has 0 aromatic heterocycles. The number of halogens is 4. The van der Waals surface area contributed by atoms with Crippen molar-refractivity contribution < 1.29 is 37.0 Å². The summed E-state index contributed by atoms with van der Waals surface area (Å²) < 4.78 is 52.3. The summed E-state index contributed by atoms with van der Waals surface area (Å²) in [4.78, 5) is 22.4. The quantitative estimate of drug-likeness (QED) is 0.757. The maximum absolute atomic E-state index is 12.2. The lowest BCUT2D eigenvalue weighted by atomic mass is 10.1. The monoisotopic (exact) mass is 309 g/mol. The second-order valence-electron chi connectivity index (χ2n) is 3.89. The Hall–Kier alpha value is -2.32. The molecule has 0 radical (unpaired) electrons. The Labute approximate surface area is 116 Å². The van der Waals surface area contributed by atoms with E-state index in [2.05, 4.69) is 4.74 Å². The van der Waals surface area contributed by atoms with Crippen molar-refractivity contribution in [1.29, 1.82) is 0 Å². The lowest BCUT2D eigenvalue weighted by Gasteiger charge is -2.14. The summed E-state index contributed by atoms with van der Waals surface area (Å²) in [6, 6.07) is 2.62. The van der Waals surface area contributed by atoms with Crippen LogP contribution in [-0.2, 0) is 4.79 Å². The minimum atomic E-state index is -3.02. The lowest BCUT2D eigenvalue weighted by molar-refractivity contribution is -0.140. The van der Waals surface area contributed by atoms with E-state index in [9.17, 15) is 27.2 Å². The van der Waals surface area contributed by atoms with Gasteiger partial charge in [-0.3, -0.25) is 4.79 Å². The van der Waals surface area contributed by atoms with Crippen LogP contribution in [0, 0.1) is 0 Å². The molecule has 1 unspecified atom stereocenters. The van der Waals surface area contributed by atoms with Gasteiger partial charge in [0.1, 0.15) is 11.8 Å². The minimum absolute atomic E-state index is 0.0721. The van der Waals surface area contributed by atoms with Crippen molar-refractivity contribution in [2.24, 2.45) is 0 Å². The molecule has 0 fully saturated rings. The average Bonchev–Trinajstić information content (AvgIpc) is 2.37. The van der Waals surface area contributed by atoms with E-state index >= 15 is 0 Å². The molecule has 1 amide bonds. The molecule has 1 atom stereocenters. The van der Waals surface area contributed by atoms with E-state index < -0.39 is 37.4 Å². The molecule has 116 valence electrons. The highest BCUT2D eigenvalue weighted by molar-refractivity contribution is 5.96. The van der Waals surface area contributed by atoms with Crippen molar-refractivity contribution in [3.8, 4) is 5.75 Å². The van der Waals surface area contributed by atoms with Crippen LogP contribution in [-0.4, -0.2) is 36.1 Å². The minimum Gasteiger partial charge on any atom is -0.480 e. The third-order valence-electron chi connectivity index (χ3n) is 2.36. The highest BCUT2D eigenvalue weighted by Crippen LogP contribution is 2.15. The van der Waals surface area contributed by atoms with E-state index in [0.29, 0.717) is 0 Å². The second kappa shape index (κ2) is 7.46. The summed E-state index contributed by atoms with van der Waals surface area (Å²) in [7, 11) is 0. The van der Waals surface area contributed by atoms with Gasteiger partial charge in [-0.15, -0.1) is 0 Å². The molecule has 5 nitrogen and oxygen atoms in total. The van der Waals surface area contributed by atoms with Crippen LogP contribution >= 0.6 is 0 Å². The van der Waals surface area contributed by atoms with E-state index in [1.165, 1.54) is 0 Å². The normalized spacial score (nSPS) is 12.3. The zero-order chi connectivity index (χ0) is 16.0. The Kier molecular flexibility index (Phi) is 5.94. The van der Waals surface area contributed by atoms with Crippen molar-refractivity contribution in [1.82, 2.24) is 5.32 Å². The first-order chi connectivity index (χ1) is 9.79. The van der Waals surface area contributed by atoms with Gasteiger partial charge in [0.2, 0.25) is 6.43 Å². The van der Waals surface area contributed by atoms with Crippen LogP contribution in [0.4, 0.5) is 17.6 Å². The van der Waals surface area contributed by atoms with Crippen LogP contribution in [0.15, 0.2) is 24.3 Å². The maximum atomic E-state index is 12.2. The second-order valence-corrected chi connectivity index (χ2v) is 3.89. The summed E-state index contributed by atoms with van der Waals surface area (Å²) in [6.07, 6.45) is -3.93. The predicted molar refractivity (Wildman–Crippen MR) is 62.6 cm³/mol. The Balaban J connectivity index is 2.71. The first-order valence-corrected chi connectivity index (χ1v) is 5.66. The number of hydrogen-bond acceptors (Lipinski definition) is 3. The first-order valence-electron chi connectivity index (χ1n) is 5.66. The van der Waals surface area contributed by atoms with Crippen LogP contribution in [0.3, 0.4) is 0 Å². The molecule has 0 aliphatic heterocycles. The van der Waals surface area contributed by atoms with Crippen LogP contribution < -0.4 is 10.1 Å². The van der Waals surface area contributed by atoms with Gasteiger partial charge in [0, 0.05) is 12.0 Å². The molecule has 1 aromatic carbocycles. The third-order valence-corrected chi connectivity index (χ3v) is 2.36. The van der Waals surface area contributed by atoms with Gasteiger partial charge in [-0.2, -0.15) is 8.78 Å². The molecule has 0 bridgehead atoms. The van der Waals surface area contributed by atoms with Gasteiger partial charge in [0.25, 0.3) is 5.91 Å². The molecule has 0 saturated heterocycles. The number of benzene rings is 1. The highest BCUT2D eigenvalue weighted by atomic mass is 19.3. The number of carbonyl (C=O) groups excluding carboxylic acids is 1. The number of ether oxygens (including phenoxy) is 1. The van der Waals surface area contributed by atoms with Gasteiger partial charge in [-0.25, -0.2) is 13.6 Å². The number of aliphatic carboxylic acids is 1. The SMILES string of the molecule is O=C(NC(CC(F)F)C(=O)O)c1ccc(OC(F)F)cc1. The van der Waals surface area contributed by atoms with Crippen LogP contribution in [0.1, 0.15) is 16.8 Å². The predicted octanol–water partition coefficient (Wildman–Crippen LogP) is 2.13. The molecule has 0 heterocycles. The van der Waals surface area contributed by atoms with Gasteiger partial charge >= 0.3 is 12.6 Å². The molecular formula is C12H11F4NO4. The zero-order valence-corrected chi connectivity index (χ0v) is 10.4. The number of amides is 1. The van der Waals surface area contributed by atoms with Gasteiger partial charge < -0.3 is 15.2 Å². The fraction of sp³-hybridized carbons (Fsp3) is 0.333. The molecular weight excluding hydrogens is 298 g/mol. The Morgan fingerprint density at radius 1 is 1.14 bits per heavy atom. The van der Waals surface area contributed by atoms with Crippen molar-refractivity contribution in [3.05, 3.63) is 29.8 Å². The van der Waals surface area contributed by atoms with E-state index in [1.807, 2.05) is 5.32 Å². The van der Waals surface area contributed by atoms with Crippen molar-refractivity contribution in [2.45, 2.75) is 25.5 Å². The number of carboxylic acid groups (broad SMARTS) is 1. The molecule has 21 heavy (non-hydrogen) atoms. The molecule has 1 aromatic rings. The fourth-order valence-electron chi connectivity index (χ4n) is 1.43. The summed E-state index contributed by atoms with van der Waals surface area (Å²) in [5.74, 6) is -2.70. The Morgan fingerprint density at radius 3 is 2.14 bits per heavy atom. The highest BCUT2D eigenvalue weighted by Gasteiger charge is 2.24. The molecule has 0 aliphatic rings. The zero-order valence-electron chi connectivity index (χ0n) is 10.4. The molecule has 2 N–H and O–H groups in total. The van der Waals surface area contributed by atoms with E-state index in [1.54, 1.807) is 0 Å². The van der Waals surface area contributed by atoms with Crippen LogP contribution in [0.2, 0.25) is 0 Å². The summed E-state index contributed by atoms with van der Waals surface area (Å²) in [5.41, 5.74) is -0.0721. The molecule has 0 saturated carbocycles. The molecule has 9 heteroatoms. The van der Waals surface area contributed by atoms with Crippen molar-refractivity contribution >= 4 is 11.9 Å². The van der Waals surface area contributed by atoms with Crippen LogP contribution in [0.25, 0.3) is 0 Å². The third kappa shape index (κ3) is 5.67. The van der Waals surface area contributed by atoms with E-state index in [4.69, 9.17) is 5.11 Å². The Morgan fingerprint density at radius 2 is 1.71 bits per heavy atom. The number of carbonyl (C=O) groups is 2. The van der Waals surface area contributed by atoms with Gasteiger partial charge in [0.05, 0.1) is 0 Å². The average molecular weight is 309 g/mol. The van der Waals surface area contributed by atoms with Gasteiger partial charge in [0.15, 0.2) is 0 Å². The number of rotatable bonds is 7. The molecule has 1 rings (SSSR count). The smallest absolute Gasteiger partial charge is 0.387 e. The van der Waals surface area contributed by atoms with Crippen molar-refractivity contribution in [3.63, 3.8) is 0 Å². The standard InChI is InChI=1S/C12H11F4NO4/c13-9(14)5-8(11(19)20)17-10(18)6-1-3-7(4-2-6)21-12(15)16/h1-4,8-9,12H,5H2,(H,17,18)(H,19,20). The van der Waals surface area contributed by atoms with E-state index in [-0.39, 0.29) is 11.3 Å². The Bertz CT molecular complexity index is 493. The number of nitrogens with one attached hydrogen (secondary N) is 1. The van der Waals surface area contributed by atoms with Crippen LogP contribution in [0.5, 0.6) is 5.75 Å². The largest absolute Gasteiger partial charge is 0.480 e. The van der Waals surface area contributed by atoms with E-state index in [0.717, 1.165) is 24.3 Å². The summed E-state index contributed by atoms with van der Waals surface area (Å²) >= 11 is 0. The number of carboxylic acids is 1. The maximum Gasteiger partial charge on any atom is 0.387 e. The van der Waals surface area contributed by atoms with Gasteiger partial charge in [-0.1, -0.05) is 0 Å². The summed E-state index contributed by atoms with van der Waals surface area (Å²) in [6.45, 7) is -3.02. The summed E-state index contributed by atoms with van der Waals surface area (Å²) in [5, 5.41) is 10.6. The first kappa shape index (κ1) is 16.7. The van der Waals surface area contributed by atoms with Crippen molar-refractivity contribution in [2.75, 3.05) is 0 Å². The molecule has 0 spiro atoms. The number of hydrogen-bond donors (Lipinski definition) is 2. The topological polar surface area (TPSA) is 75.6 Å². The fourth-order valence-corrected chi connectivity index (χ4v) is 1.43. The molecule has 0 aliphatic carbocycles.